The molecule has 0 aliphatic carbocycles. The maximum absolute atomic E-state index is 14.5. The van der Waals surface area contributed by atoms with Crippen molar-refractivity contribution in [2.45, 2.75) is 19.8 Å². The molecule has 0 fully saturated rings. The summed E-state index contributed by atoms with van der Waals surface area (Å²) in [5, 5.41) is 0.979. The molecule has 6 heteroatoms. The molecule has 0 saturated carbocycles. The zero-order chi connectivity index (χ0) is 18.1. The average Bonchev–Trinajstić information content (AvgIpc) is 3.01. The van der Waals surface area contributed by atoms with Gasteiger partial charge in [-0.2, -0.15) is 4.39 Å². The van der Waals surface area contributed by atoms with Crippen LogP contribution in [-0.4, -0.2) is 19.9 Å². The lowest BCUT2D eigenvalue weighted by atomic mass is 10.0. The number of hydrogen-bond donors (Lipinski definition) is 1. The normalized spacial score (nSPS) is 11.2. The Labute approximate surface area is 149 Å². The van der Waals surface area contributed by atoms with Crippen LogP contribution >= 0.6 is 0 Å². The molecule has 0 aliphatic heterocycles. The fourth-order valence-corrected chi connectivity index (χ4v) is 2.99. The van der Waals surface area contributed by atoms with Gasteiger partial charge in [-0.1, -0.05) is 6.07 Å². The van der Waals surface area contributed by atoms with E-state index < -0.39 is 11.8 Å². The molecule has 0 aromatic carbocycles. The van der Waals surface area contributed by atoms with Gasteiger partial charge in [0.05, 0.1) is 6.20 Å². The van der Waals surface area contributed by atoms with Crippen LogP contribution in [0.3, 0.4) is 0 Å². The lowest BCUT2D eigenvalue weighted by Gasteiger charge is -2.06. The van der Waals surface area contributed by atoms with Gasteiger partial charge in [0.15, 0.2) is 0 Å². The Morgan fingerprint density at radius 1 is 1.00 bits per heavy atom. The van der Waals surface area contributed by atoms with Crippen LogP contribution in [0.4, 0.5) is 8.78 Å². The molecule has 0 bridgehead atoms. The highest BCUT2D eigenvalue weighted by Crippen LogP contribution is 2.22. The summed E-state index contributed by atoms with van der Waals surface area (Å²) in [6, 6.07) is 7.04. The molecule has 0 spiro atoms. The van der Waals surface area contributed by atoms with E-state index in [1.54, 1.807) is 24.4 Å². The first-order chi connectivity index (χ1) is 12.6. The number of H-pyrrole nitrogens is 1. The van der Waals surface area contributed by atoms with Crippen molar-refractivity contribution in [2.75, 3.05) is 0 Å². The third kappa shape index (κ3) is 3.18. The van der Waals surface area contributed by atoms with Crippen LogP contribution in [0.1, 0.15) is 27.9 Å². The number of nitrogens with zero attached hydrogens (tertiary/aromatic N) is 3. The Hall–Kier alpha value is -3.15. The summed E-state index contributed by atoms with van der Waals surface area (Å²) in [7, 11) is 0. The SMILES string of the molecule is Cc1cnc2[nH]cc(Cc3ccc(Cc4ccncc4F)nc3F)c2c1. The Bertz CT molecular complexity index is 1090. The predicted octanol–water partition coefficient (Wildman–Crippen LogP) is 4.12. The second-order valence-corrected chi connectivity index (χ2v) is 6.30. The summed E-state index contributed by atoms with van der Waals surface area (Å²) in [4.78, 5) is 15.2. The van der Waals surface area contributed by atoms with E-state index in [0.29, 0.717) is 23.2 Å². The van der Waals surface area contributed by atoms with Crippen molar-refractivity contribution >= 4 is 11.0 Å². The van der Waals surface area contributed by atoms with Crippen LogP contribution in [0, 0.1) is 18.7 Å². The summed E-state index contributed by atoms with van der Waals surface area (Å²) >= 11 is 0. The molecule has 4 aromatic heterocycles. The highest BCUT2D eigenvalue weighted by atomic mass is 19.1. The van der Waals surface area contributed by atoms with Crippen LogP contribution in [0.2, 0.25) is 0 Å². The van der Waals surface area contributed by atoms with Crippen molar-refractivity contribution in [3.05, 3.63) is 88.8 Å². The molecule has 26 heavy (non-hydrogen) atoms. The minimum atomic E-state index is -0.535. The van der Waals surface area contributed by atoms with Gasteiger partial charge in [0.2, 0.25) is 5.95 Å². The number of fused-ring (bicyclic) bond motifs is 1. The van der Waals surface area contributed by atoms with Crippen molar-refractivity contribution in [1.82, 2.24) is 19.9 Å². The molecular weight excluding hydrogens is 334 g/mol. The van der Waals surface area contributed by atoms with E-state index in [2.05, 4.69) is 19.9 Å². The molecule has 0 radical (unpaired) electrons. The topological polar surface area (TPSA) is 54.5 Å². The molecule has 4 nitrogen and oxygen atoms in total. The minimum absolute atomic E-state index is 0.224. The van der Waals surface area contributed by atoms with Crippen molar-refractivity contribution in [3.63, 3.8) is 0 Å². The first-order valence-corrected chi connectivity index (χ1v) is 8.25. The predicted molar refractivity (Wildman–Crippen MR) is 94.8 cm³/mol. The zero-order valence-electron chi connectivity index (χ0n) is 14.1. The van der Waals surface area contributed by atoms with E-state index in [0.717, 1.165) is 28.4 Å². The largest absolute Gasteiger partial charge is 0.346 e. The van der Waals surface area contributed by atoms with E-state index in [9.17, 15) is 8.78 Å². The van der Waals surface area contributed by atoms with Crippen molar-refractivity contribution in [3.8, 4) is 0 Å². The van der Waals surface area contributed by atoms with E-state index in [4.69, 9.17) is 0 Å². The number of aryl methyl sites for hydroxylation is 1. The molecule has 4 aromatic rings. The van der Waals surface area contributed by atoms with Crippen LogP contribution in [0.25, 0.3) is 11.0 Å². The van der Waals surface area contributed by atoms with Crippen LogP contribution in [0.5, 0.6) is 0 Å². The number of pyridine rings is 3. The monoisotopic (exact) mass is 350 g/mol. The van der Waals surface area contributed by atoms with E-state index in [-0.39, 0.29) is 6.42 Å². The van der Waals surface area contributed by atoms with Gasteiger partial charge in [0.1, 0.15) is 11.5 Å². The van der Waals surface area contributed by atoms with Gasteiger partial charge in [0, 0.05) is 48.1 Å². The van der Waals surface area contributed by atoms with Gasteiger partial charge in [-0.05, 0) is 41.8 Å². The highest BCUT2D eigenvalue weighted by Gasteiger charge is 2.12. The maximum atomic E-state index is 14.5. The smallest absolute Gasteiger partial charge is 0.216 e. The summed E-state index contributed by atoms with van der Waals surface area (Å²) in [6.07, 6.45) is 6.92. The Kier molecular flexibility index (Phi) is 4.16. The fourth-order valence-electron chi connectivity index (χ4n) is 2.99. The van der Waals surface area contributed by atoms with Gasteiger partial charge in [-0.25, -0.2) is 14.4 Å². The van der Waals surface area contributed by atoms with Gasteiger partial charge in [-0.3, -0.25) is 4.98 Å². The number of nitrogens with one attached hydrogen (secondary N) is 1. The minimum Gasteiger partial charge on any atom is -0.346 e. The molecule has 0 atom stereocenters. The number of aromatic nitrogens is 4. The molecule has 0 amide bonds. The second kappa shape index (κ2) is 6.63. The number of halogens is 2. The van der Waals surface area contributed by atoms with Crippen LogP contribution in [0.15, 0.2) is 49.1 Å². The Balaban J connectivity index is 1.60. The Morgan fingerprint density at radius 3 is 2.69 bits per heavy atom. The number of hydrogen-bond acceptors (Lipinski definition) is 3. The van der Waals surface area contributed by atoms with Gasteiger partial charge >= 0.3 is 0 Å². The van der Waals surface area contributed by atoms with Crippen molar-refractivity contribution in [1.29, 1.82) is 0 Å². The van der Waals surface area contributed by atoms with Gasteiger partial charge in [-0.15, -0.1) is 0 Å². The van der Waals surface area contributed by atoms with E-state index in [1.165, 1.54) is 6.20 Å². The number of rotatable bonds is 4. The maximum Gasteiger partial charge on any atom is 0.216 e. The first kappa shape index (κ1) is 16.3. The quantitative estimate of drug-likeness (QED) is 0.563. The fraction of sp³-hybridized carbons (Fsp3) is 0.150. The lowest BCUT2D eigenvalue weighted by Crippen LogP contribution is -2.01. The van der Waals surface area contributed by atoms with Crippen LogP contribution in [-0.2, 0) is 12.8 Å². The standard InChI is InChI=1S/C20H16F2N4/c1-12-6-17-15(10-25-20(17)24-9-12)7-14-2-3-16(26-19(14)22)8-13-4-5-23-11-18(13)21/h2-6,9-11H,7-8H2,1H3,(H,24,25). The summed E-state index contributed by atoms with van der Waals surface area (Å²) in [6.45, 7) is 1.97. The first-order valence-electron chi connectivity index (χ1n) is 8.25. The van der Waals surface area contributed by atoms with Gasteiger partial charge in [0.25, 0.3) is 0 Å². The molecule has 0 saturated heterocycles. The van der Waals surface area contributed by atoms with E-state index in [1.807, 2.05) is 19.2 Å². The summed E-state index contributed by atoms with van der Waals surface area (Å²) in [5.74, 6) is -0.952. The third-order valence-corrected chi connectivity index (χ3v) is 4.35. The highest BCUT2D eigenvalue weighted by molar-refractivity contribution is 5.80. The Morgan fingerprint density at radius 2 is 1.88 bits per heavy atom. The third-order valence-electron chi connectivity index (χ3n) is 4.35. The number of aromatic amines is 1. The lowest BCUT2D eigenvalue weighted by molar-refractivity contribution is 0.562. The molecule has 1 N–H and O–H groups in total. The summed E-state index contributed by atoms with van der Waals surface area (Å²) in [5.41, 5.74) is 4.21. The molecule has 0 unspecified atom stereocenters. The molecule has 130 valence electrons. The average molecular weight is 350 g/mol. The van der Waals surface area contributed by atoms with E-state index >= 15 is 0 Å². The van der Waals surface area contributed by atoms with Gasteiger partial charge < -0.3 is 4.98 Å². The molecule has 4 rings (SSSR count). The zero-order valence-corrected chi connectivity index (χ0v) is 14.1. The molecular formula is C20H16F2N4. The molecule has 4 heterocycles. The van der Waals surface area contributed by atoms with Crippen molar-refractivity contribution < 1.29 is 8.78 Å². The second-order valence-electron chi connectivity index (χ2n) is 6.30. The van der Waals surface area contributed by atoms with Crippen LogP contribution < -0.4 is 0 Å². The van der Waals surface area contributed by atoms with Crippen molar-refractivity contribution in [2.24, 2.45) is 0 Å². The summed E-state index contributed by atoms with van der Waals surface area (Å²) < 4.78 is 28.2. The molecule has 0 aliphatic rings.